The Kier molecular flexibility index (Phi) is 3.94. The Labute approximate surface area is 84.4 Å². The number of hydrogen-bond donors (Lipinski definition) is 2. The largest absolute Gasteiger partial charge is 0.369 e. The molecule has 0 fully saturated rings. The fraction of sp³-hybridized carbons (Fsp3) is 0.300. The molecule has 14 heavy (non-hydrogen) atoms. The molecular formula is C10H16N4. The van der Waals surface area contributed by atoms with Crippen LogP contribution in [-0.2, 0) is 6.54 Å². The van der Waals surface area contributed by atoms with Crippen LogP contribution in [0.3, 0.4) is 0 Å². The van der Waals surface area contributed by atoms with E-state index < -0.39 is 0 Å². The first-order valence-corrected chi connectivity index (χ1v) is 4.47. The molecule has 0 heterocycles. The van der Waals surface area contributed by atoms with E-state index in [1.165, 1.54) is 5.56 Å². The second kappa shape index (κ2) is 5.24. The highest BCUT2D eigenvalue weighted by Crippen LogP contribution is 1.97. The van der Waals surface area contributed by atoms with Crippen LogP contribution in [0.4, 0.5) is 0 Å². The van der Waals surface area contributed by atoms with Gasteiger partial charge in [-0.2, -0.15) is 0 Å². The molecule has 0 saturated carbocycles. The molecular weight excluding hydrogens is 176 g/mol. The summed E-state index contributed by atoms with van der Waals surface area (Å²) >= 11 is 0. The van der Waals surface area contributed by atoms with Crippen LogP contribution < -0.4 is 11.2 Å². The van der Waals surface area contributed by atoms with Crippen molar-refractivity contribution in [3.63, 3.8) is 0 Å². The zero-order chi connectivity index (χ0) is 10.4. The molecule has 0 amide bonds. The normalized spacial score (nSPS) is 11.4. The summed E-state index contributed by atoms with van der Waals surface area (Å²) in [5.74, 6) is 0.473. The van der Waals surface area contributed by atoms with Crippen LogP contribution in [0.15, 0.2) is 35.3 Å². The maximum absolute atomic E-state index is 5.59. The van der Waals surface area contributed by atoms with Crippen molar-refractivity contribution in [3.05, 3.63) is 35.9 Å². The molecule has 0 aliphatic rings. The predicted octanol–water partition coefficient (Wildman–Crippen LogP) is 0.567. The average Bonchev–Trinajstić information content (AvgIpc) is 2.26. The van der Waals surface area contributed by atoms with Gasteiger partial charge in [-0.05, 0) is 5.56 Å². The van der Waals surface area contributed by atoms with Gasteiger partial charge in [0.15, 0.2) is 0 Å². The van der Waals surface area contributed by atoms with E-state index in [0.717, 1.165) is 6.54 Å². The lowest BCUT2D eigenvalue weighted by Crippen LogP contribution is -2.43. The van der Waals surface area contributed by atoms with Crippen LogP contribution in [0.5, 0.6) is 0 Å². The van der Waals surface area contributed by atoms with Gasteiger partial charge in [-0.1, -0.05) is 30.3 Å². The number of nitrogens with zero attached hydrogens (tertiary/aromatic N) is 2. The molecule has 76 valence electrons. The zero-order valence-electron chi connectivity index (χ0n) is 8.57. The minimum absolute atomic E-state index is 0.473. The Morgan fingerprint density at radius 2 is 2.07 bits per heavy atom. The molecule has 0 aliphatic heterocycles. The Bertz CT molecular complexity index is 294. The van der Waals surface area contributed by atoms with Crippen molar-refractivity contribution in [2.24, 2.45) is 10.7 Å². The third kappa shape index (κ3) is 3.06. The first-order valence-electron chi connectivity index (χ1n) is 4.47. The van der Waals surface area contributed by atoms with E-state index in [2.05, 4.69) is 22.6 Å². The molecule has 1 rings (SSSR count). The third-order valence-electron chi connectivity index (χ3n) is 1.94. The van der Waals surface area contributed by atoms with E-state index in [1.807, 2.05) is 25.2 Å². The smallest absolute Gasteiger partial charge is 0.205 e. The lowest BCUT2D eigenvalue weighted by Gasteiger charge is -2.18. The summed E-state index contributed by atoms with van der Waals surface area (Å²) in [5.41, 5.74) is 9.93. The number of hydrazine groups is 1. The summed E-state index contributed by atoms with van der Waals surface area (Å²) in [7, 11) is 3.50. The fourth-order valence-electron chi connectivity index (χ4n) is 1.04. The molecule has 1 aromatic rings. The van der Waals surface area contributed by atoms with Gasteiger partial charge in [-0.3, -0.25) is 10.0 Å². The SMILES string of the molecule is CN=C(N)N(C)NCc1ccccc1. The van der Waals surface area contributed by atoms with Crippen molar-refractivity contribution in [3.8, 4) is 0 Å². The fourth-order valence-corrected chi connectivity index (χ4v) is 1.04. The van der Waals surface area contributed by atoms with Crippen LogP contribution >= 0.6 is 0 Å². The van der Waals surface area contributed by atoms with Crippen molar-refractivity contribution in [2.45, 2.75) is 6.54 Å². The Morgan fingerprint density at radius 3 is 2.64 bits per heavy atom. The second-order valence-corrected chi connectivity index (χ2v) is 2.96. The van der Waals surface area contributed by atoms with E-state index >= 15 is 0 Å². The maximum Gasteiger partial charge on any atom is 0.205 e. The van der Waals surface area contributed by atoms with E-state index in [-0.39, 0.29) is 0 Å². The van der Waals surface area contributed by atoms with Gasteiger partial charge in [-0.15, -0.1) is 0 Å². The number of nitrogens with one attached hydrogen (secondary N) is 1. The van der Waals surface area contributed by atoms with Gasteiger partial charge in [0.25, 0.3) is 0 Å². The summed E-state index contributed by atoms with van der Waals surface area (Å²) in [4.78, 5) is 3.86. The third-order valence-corrected chi connectivity index (χ3v) is 1.94. The first kappa shape index (κ1) is 10.5. The lowest BCUT2D eigenvalue weighted by atomic mass is 10.2. The number of aliphatic imine (C=N–C) groups is 1. The summed E-state index contributed by atoms with van der Waals surface area (Å²) in [6.45, 7) is 0.744. The Morgan fingerprint density at radius 1 is 1.43 bits per heavy atom. The standard InChI is InChI=1S/C10H16N4/c1-12-10(11)14(2)13-8-9-6-4-3-5-7-9/h3-7,13H,8H2,1-2H3,(H2,11,12). The van der Waals surface area contributed by atoms with Crippen LogP contribution in [0, 0.1) is 0 Å². The predicted molar refractivity (Wildman–Crippen MR) is 58.6 cm³/mol. The molecule has 0 radical (unpaired) electrons. The molecule has 0 atom stereocenters. The van der Waals surface area contributed by atoms with Gasteiger partial charge >= 0.3 is 0 Å². The van der Waals surface area contributed by atoms with Gasteiger partial charge in [0, 0.05) is 20.6 Å². The number of benzene rings is 1. The number of guanidine groups is 1. The highest BCUT2D eigenvalue weighted by atomic mass is 15.5. The van der Waals surface area contributed by atoms with Crippen molar-refractivity contribution >= 4 is 5.96 Å². The van der Waals surface area contributed by atoms with E-state index in [0.29, 0.717) is 5.96 Å². The number of hydrogen-bond acceptors (Lipinski definition) is 2. The van der Waals surface area contributed by atoms with E-state index in [1.54, 1.807) is 12.1 Å². The van der Waals surface area contributed by atoms with E-state index in [9.17, 15) is 0 Å². The van der Waals surface area contributed by atoms with E-state index in [4.69, 9.17) is 5.73 Å². The van der Waals surface area contributed by atoms with Gasteiger partial charge in [0.05, 0.1) is 0 Å². The molecule has 3 N–H and O–H groups in total. The van der Waals surface area contributed by atoms with Crippen LogP contribution in [0.2, 0.25) is 0 Å². The lowest BCUT2D eigenvalue weighted by molar-refractivity contribution is 0.358. The molecule has 0 bridgehead atoms. The summed E-state index contributed by atoms with van der Waals surface area (Å²) in [6.07, 6.45) is 0. The monoisotopic (exact) mass is 192 g/mol. The van der Waals surface area contributed by atoms with Gasteiger partial charge in [-0.25, -0.2) is 5.43 Å². The quantitative estimate of drug-likeness (QED) is 0.418. The summed E-state index contributed by atoms with van der Waals surface area (Å²) < 4.78 is 0. The maximum atomic E-state index is 5.59. The minimum Gasteiger partial charge on any atom is -0.369 e. The van der Waals surface area contributed by atoms with Crippen LogP contribution in [0.1, 0.15) is 5.56 Å². The van der Waals surface area contributed by atoms with Crippen molar-refractivity contribution in [2.75, 3.05) is 14.1 Å². The molecule has 4 nitrogen and oxygen atoms in total. The molecule has 1 aromatic carbocycles. The molecule has 0 unspecified atom stereocenters. The van der Waals surface area contributed by atoms with Crippen molar-refractivity contribution < 1.29 is 0 Å². The van der Waals surface area contributed by atoms with Crippen molar-refractivity contribution in [1.82, 2.24) is 10.4 Å². The molecule has 0 aliphatic carbocycles. The number of nitrogens with two attached hydrogens (primary N) is 1. The van der Waals surface area contributed by atoms with Crippen LogP contribution in [-0.4, -0.2) is 25.1 Å². The van der Waals surface area contributed by atoms with Gasteiger partial charge < -0.3 is 5.73 Å². The minimum atomic E-state index is 0.473. The second-order valence-electron chi connectivity index (χ2n) is 2.96. The molecule has 0 spiro atoms. The highest BCUT2D eigenvalue weighted by Gasteiger charge is 1.98. The summed E-state index contributed by atoms with van der Waals surface area (Å²) in [5, 5.41) is 1.70. The topological polar surface area (TPSA) is 53.6 Å². The molecule has 0 aromatic heterocycles. The van der Waals surface area contributed by atoms with Crippen molar-refractivity contribution in [1.29, 1.82) is 0 Å². The zero-order valence-corrected chi connectivity index (χ0v) is 8.57. The van der Waals surface area contributed by atoms with Gasteiger partial charge in [0.2, 0.25) is 5.96 Å². The number of rotatable bonds is 3. The van der Waals surface area contributed by atoms with Crippen LogP contribution in [0.25, 0.3) is 0 Å². The molecule has 0 saturated heterocycles. The Balaban J connectivity index is 2.42. The highest BCUT2D eigenvalue weighted by molar-refractivity contribution is 5.77. The average molecular weight is 192 g/mol. The first-order chi connectivity index (χ1) is 6.74. The Hall–Kier alpha value is -1.55. The molecule has 4 heteroatoms. The van der Waals surface area contributed by atoms with Gasteiger partial charge in [0.1, 0.15) is 0 Å². The summed E-state index contributed by atoms with van der Waals surface area (Å²) in [6, 6.07) is 10.1.